The van der Waals surface area contributed by atoms with E-state index in [4.69, 9.17) is 9.47 Å². The summed E-state index contributed by atoms with van der Waals surface area (Å²) in [5.74, 6) is -0.883. The van der Waals surface area contributed by atoms with Crippen LogP contribution in [0.3, 0.4) is 0 Å². The van der Waals surface area contributed by atoms with Gasteiger partial charge in [-0.1, -0.05) is 12.1 Å². The van der Waals surface area contributed by atoms with E-state index in [1.54, 1.807) is 24.3 Å². The lowest BCUT2D eigenvalue weighted by atomic mass is 10.1. The highest BCUT2D eigenvalue weighted by Crippen LogP contribution is 2.35. The van der Waals surface area contributed by atoms with E-state index in [2.05, 4.69) is 4.98 Å². The Balaban J connectivity index is 1.67. The fourth-order valence-electron chi connectivity index (χ4n) is 3.87. The second-order valence-electron chi connectivity index (χ2n) is 7.41. The molecule has 1 atom stereocenters. The van der Waals surface area contributed by atoms with E-state index in [0.29, 0.717) is 32.1 Å². The summed E-state index contributed by atoms with van der Waals surface area (Å²) in [5, 5.41) is 0. The summed E-state index contributed by atoms with van der Waals surface area (Å²) >= 11 is 0. The fraction of sp³-hybridized carbons (Fsp3) is 0.500. The van der Waals surface area contributed by atoms with Gasteiger partial charge in [-0.25, -0.2) is 0 Å². The quantitative estimate of drug-likeness (QED) is 0.662. The molecule has 168 valence electrons. The molecule has 0 aliphatic carbocycles. The Kier molecular flexibility index (Phi) is 5.78. The summed E-state index contributed by atoms with van der Waals surface area (Å²) in [4.78, 5) is 19.3. The molecule has 0 spiro atoms. The summed E-state index contributed by atoms with van der Waals surface area (Å²) in [7, 11) is 1.53. The Morgan fingerprint density at radius 1 is 1.19 bits per heavy atom. The molecule has 11 heteroatoms. The van der Waals surface area contributed by atoms with Gasteiger partial charge in [0, 0.05) is 19.6 Å². The first-order valence-electron chi connectivity index (χ1n) is 9.89. The average Bonchev–Trinajstić information content (AvgIpc) is 3.15. The summed E-state index contributed by atoms with van der Waals surface area (Å²) < 4.78 is 67.1. The third kappa shape index (κ3) is 4.18. The number of fused-ring (bicyclic) bond motifs is 1. The standard InChI is InChI=1S/C20H22F4N4O3/c1-30-14-4-2-13(3-5-14)6-7-27-15(20(22,23)24)12-28-18(29)16(21)17(25-19(27)28)26-8-10-31-11-9-26/h2-5,15H,6-12H2,1H3. The first-order chi connectivity index (χ1) is 14.8. The topological polar surface area (TPSA) is 59.8 Å². The number of rotatable bonds is 5. The number of alkyl halides is 3. The molecule has 0 bridgehead atoms. The third-order valence-corrected chi connectivity index (χ3v) is 5.55. The van der Waals surface area contributed by atoms with Crippen molar-refractivity contribution in [3.8, 4) is 5.75 Å². The van der Waals surface area contributed by atoms with Crippen LogP contribution >= 0.6 is 0 Å². The van der Waals surface area contributed by atoms with Crippen LogP contribution in [0.2, 0.25) is 0 Å². The number of morpholine rings is 1. The Labute approximate surface area is 175 Å². The van der Waals surface area contributed by atoms with E-state index in [0.717, 1.165) is 15.0 Å². The monoisotopic (exact) mass is 442 g/mol. The highest BCUT2D eigenvalue weighted by Gasteiger charge is 2.49. The van der Waals surface area contributed by atoms with Crippen LogP contribution < -0.4 is 20.1 Å². The number of benzene rings is 1. The van der Waals surface area contributed by atoms with Crippen molar-refractivity contribution in [1.82, 2.24) is 9.55 Å². The van der Waals surface area contributed by atoms with Crippen molar-refractivity contribution < 1.29 is 27.0 Å². The van der Waals surface area contributed by atoms with Crippen LogP contribution in [-0.4, -0.2) is 61.7 Å². The first-order valence-corrected chi connectivity index (χ1v) is 9.89. The molecule has 1 unspecified atom stereocenters. The number of nitrogens with zero attached hydrogens (tertiary/aromatic N) is 4. The van der Waals surface area contributed by atoms with Gasteiger partial charge in [0.2, 0.25) is 11.8 Å². The lowest BCUT2D eigenvalue weighted by molar-refractivity contribution is -0.148. The van der Waals surface area contributed by atoms with E-state index in [1.807, 2.05) is 0 Å². The Morgan fingerprint density at radius 3 is 2.48 bits per heavy atom. The van der Waals surface area contributed by atoms with Gasteiger partial charge in [0.15, 0.2) is 5.82 Å². The van der Waals surface area contributed by atoms with Gasteiger partial charge in [0.25, 0.3) is 5.56 Å². The van der Waals surface area contributed by atoms with Crippen molar-refractivity contribution >= 4 is 11.8 Å². The normalized spacial score (nSPS) is 18.9. The van der Waals surface area contributed by atoms with Crippen LogP contribution in [0.5, 0.6) is 5.75 Å². The van der Waals surface area contributed by atoms with Crippen LogP contribution in [0, 0.1) is 5.82 Å². The van der Waals surface area contributed by atoms with Crippen molar-refractivity contribution in [3.63, 3.8) is 0 Å². The Morgan fingerprint density at radius 2 is 1.87 bits per heavy atom. The number of halogens is 4. The van der Waals surface area contributed by atoms with Crippen molar-refractivity contribution in [2.45, 2.75) is 25.2 Å². The van der Waals surface area contributed by atoms with Gasteiger partial charge in [0.1, 0.15) is 11.8 Å². The second-order valence-corrected chi connectivity index (χ2v) is 7.41. The molecule has 0 N–H and O–H groups in total. The molecule has 2 aliphatic heterocycles. The van der Waals surface area contributed by atoms with Crippen molar-refractivity contribution in [2.24, 2.45) is 0 Å². The molecule has 0 amide bonds. The third-order valence-electron chi connectivity index (χ3n) is 5.55. The number of methoxy groups -OCH3 is 1. The average molecular weight is 442 g/mol. The molecule has 0 saturated carbocycles. The smallest absolute Gasteiger partial charge is 0.410 e. The van der Waals surface area contributed by atoms with Crippen molar-refractivity contribution in [1.29, 1.82) is 0 Å². The van der Waals surface area contributed by atoms with Crippen LogP contribution in [0.1, 0.15) is 5.56 Å². The van der Waals surface area contributed by atoms with Gasteiger partial charge < -0.3 is 19.3 Å². The first kappa shape index (κ1) is 21.4. The van der Waals surface area contributed by atoms with Gasteiger partial charge in [0.05, 0.1) is 26.9 Å². The Hall–Kier alpha value is -2.82. The number of hydrogen-bond acceptors (Lipinski definition) is 6. The summed E-state index contributed by atoms with van der Waals surface area (Å²) in [6.45, 7) is 0.547. The molecule has 31 heavy (non-hydrogen) atoms. The lowest BCUT2D eigenvalue weighted by Crippen LogP contribution is -2.45. The minimum Gasteiger partial charge on any atom is -0.497 e. The highest BCUT2D eigenvalue weighted by molar-refractivity contribution is 5.49. The largest absolute Gasteiger partial charge is 0.497 e. The molecule has 1 aromatic carbocycles. The summed E-state index contributed by atoms with van der Waals surface area (Å²) in [6.07, 6.45) is -4.31. The van der Waals surface area contributed by atoms with Crippen LogP contribution in [0.25, 0.3) is 0 Å². The van der Waals surface area contributed by atoms with E-state index in [1.165, 1.54) is 12.0 Å². The number of anilines is 2. The zero-order chi connectivity index (χ0) is 22.2. The van der Waals surface area contributed by atoms with E-state index in [-0.39, 0.29) is 24.7 Å². The molecular weight excluding hydrogens is 420 g/mol. The van der Waals surface area contributed by atoms with Gasteiger partial charge in [-0.3, -0.25) is 9.36 Å². The minimum atomic E-state index is -4.60. The second kappa shape index (κ2) is 8.37. The van der Waals surface area contributed by atoms with Gasteiger partial charge in [-0.2, -0.15) is 22.5 Å². The maximum atomic E-state index is 14.7. The molecule has 1 saturated heterocycles. The molecule has 4 rings (SSSR count). The SMILES string of the molecule is COc1ccc(CCN2c3nc(N4CCOCC4)c(F)c(=O)n3CC2C(F)(F)F)cc1. The molecule has 3 heterocycles. The maximum absolute atomic E-state index is 14.7. The molecular formula is C20H22F4N4O3. The molecule has 2 aliphatic rings. The zero-order valence-corrected chi connectivity index (χ0v) is 16.9. The predicted molar refractivity (Wildman–Crippen MR) is 105 cm³/mol. The van der Waals surface area contributed by atoms with Crippen molar-refractivity contribution in [3.05, 3.63) is 46.0 Å². The fourth-order valence-corrected chi connectivity index (χ4v) is 3.87. The highest BCUT2D eigenvalue weighted by atomic mass is 19.4. The summed E-state index contributed by atoms with van der Waals surface area (Å²) in [5.41, 5.74) is -0.286. The van der Waals surface area contributed by atoms with E-state index in [9.17, 15) is 22.4 Å². The van der Waals surface area contributed by atoms with Gasteiger partial charge in [-0.05, 0) is 24.1 Å². The Bertz CT molecular complexity index is 988. The van der Waals surface area contributed by atoms with Crippen molar-refractivity contribution in [2.75, 3.05) is 49.8 Å². The number of hydrogen-bond donors (Lipinski definition) is 0. The summed E-state index contributed by atoms with van der Waals surface area (Å²) in [6, 6.07) is 5.03. The predicted octanol–water partition coefficient (Wildman–Crippen LogP) is 2.22. The van der Waals surface area contributed by atoms with Crippen LogP contribution in [-0.2, 0) is 17.7 Å². The number of aromatic nitrogens is 2. The molecule has 1 aromatic heterocycles. The molecule has 2 aromatic rings. The van der Waals surface area contributed by atoms with Crippen LogP contribution in [0.4, 0.5) is 29.3 Å². The van der Waals surface area contributed by atoms with Gasteiger partial charge >= 0.3 is 6.18 Å². The molecule has 0 radical (unpaired) electrons. The lowest BCUT2D eigenvalue weighted by Gasteiger charge is -2.30. The van der Waals surface area contributed by atoms with E-state index >= 15 is 0 Å². The van der Waals surface area contributed by atoms with Gasteiger partial charge in [-0.15, -0.1) is 0 Å². The zero-order valence-electron chi connectivity index (χ0n) is 16.9. The number of ether oxygens (including phenoxy) is 2. The minimum absolute atomic E-state index is 0.0306. The maximum Gasteiger partial charge on any atom is 0.410 e. The van der Waals surface area contributed by atoms with Crippen LogP contribution in [0.15, 0.2) is 29.1 Å². The molecule has 7 nitrogen and oxygen atoms in total. The van der Waals surface area contributed by atoms with E-state index < -0.39 is 30.1 Å². The molecule has 1 fully saturated rings.